The molecule has 15 heavy (non-hydrogen) atoms. The summed E-state index contributed by atoms with van der Waals surface area (Å²) in [5.74, 6) is -1.26. The van der Waals surface area contributed by atoms with Gasteiger partial charge < -0.3 is 9.84 Å². The highest BCUT2D eigenvalue weighted by atomic mass is 32.2. The van der Waals surface area contributed by atoms with Crippen molar-refractivity contribution in [1.82, 2.24) is 0 Å². The second kappa shape index (κ2) is 3.87. The van der Waals surface area contributed by atoms with Gasteiger partial charge >= 0.3 is 5.97 Å². The van der Waals surface area contributed by atoms with Crippen LogP contribution in [0.15, 0.2) is 23.1 Å². The third-order valence-corrected chi connectivity index (χ3v) is 2.49. The first-order valence-corrected chi connectivity index (χ1v) is 5.18. The van der Waals surface area contributed by atoms with E-state index in [1.54, 1.807) is 0 Å². The molecule has 0 unspecified atom stereocenters. The molecule has 1 rings (SSSR count). The van der Waals surface area contributed by atoms with Gasteiger partial charge in [-0.3, -0.25) is 4.55 Å². The molecule has 1 aromatic carbocycles. The molecule has 7 heteroatoms. The summed E-state index contributed by atoms with van der Waals surface area (Å²) in [6, 6.07) is 3.03. The average molecular weight is 232 g/mol. The van der Waals surface area contributed by atoms with E-state index in [0.717, 1.165) is 18.2 Å². The Labute approximate surface area is 85.9 Å². The molecule has 0 aromatic heterocycles. The van der Waals surface area contributed by atoms with Gasteiger partial charge in [0, 0.05) is 6.07 Å². The summed E-state index contributed by atoms with van der Waals surface area (Å²) in [6.07, 6.45) is 0. The lowest BCUT2D eigenvalue weighted by Gasteiger charge is -2.04. The van der Waals surface area contributed by atoms with Crippen LogP contribution in [0.4, 0.5) is 0 Å². The molecular formula is C8H8O6S. The summed E-state index contributed by atoms with van der Waals surface area (Å²) in [4.78, 5) is 10.1. The van der Waals surface area contributed by atoms with Gasteiger partial charge in [0.1, 0.15) is 5.75 Å². The quantitative estimate of drug-likeness (QED) is 0.741. The maximum atomic E-state index is 10.8. The summed E-state index contributed by atoms with van der Waals surface area (Å²) in [7, 11) is -3.18. The topological polar surface area (TPSA) is 101 Å². The monoisotopic (exact) mass is 232 g/mol. The zero-order chi connectivity index (χ0) is 11.6. The zero-order valence-corrected chi connectivity index (χ0v) is 8.48. The smallest absolute Gasteiger partial charge is 0.335 e. The van der Waals surface area contributed by atoms with E-state index in [2.05, 4.69) is 0 Å². The highest BCUT2D eigenvalue weighted by Crippen LogP contribution is 2.20. The van der Waals surface area contributed by atoms with E-state index in [1.165, 1.54) is 7.11 Å². The Bertz CT molecular complexity index is 490. The molecule has 0 atom stereocenters. The molecule has 0 saturated carbocycles. The van der Waals surface area contributed by atoms with E-state index in [-0.39, 0.29) is 11.3 Å². The van der Waals surface area contributed by atoms with Gasteiger partial charge in [0.25, 0.3) is 10.1 Å². The van der Waals surface area contributed by atoms with Gasteiger partial charge in [-0.25, -0.2) is 4.79 Å². The van der Waals surface area contributed by atoms with Crippen molar-refractivity contribution in [2.45, 2.75) is 4.90 Å². The van der Waals surface area contributed by atoms with Crippen molar-refractivity contribution in [3.8, 4) is 5.75 Å². The van der Waals surface area contributed by atoms with Crippen LogP contribution in [-0.2, 0) is 10.1 Å². The minimum atomic E-state index is -4.43. The number of carbonyl (C=O) groups is 1. The van der Waals surface area contributed by atoms with E-state index in [0.29, 0.717) is 0 Å². The molecule has 2 N–H and O–H groups in total. The molecular weight excluding hydrogens is 224 g/mol. The Hall–Kier alpha value is -1.60. The Morgan fingerprint density at radius 3 is 2.33 bits per heavy atom. The average Bonchev–Trinajstić information content (AvgIpc) is 2.15. The molecule has 0 aliphatic carbocycles. The summed E-state index contributed by atoms with van der Waals surface area (Å²) in [6.45, 7) is 0. The molecule has 0 aliphatic rings. The van der Waals surface area contributed by atoms with Crippen molar-refractivity contribution in [1.29, 1.82) is 0 Å². The van der Waals surface area contributed by atoms with Gasteiger partial charge in [-0.15, -0.1) is 0 Å². The first kappa shape index (κ1) is 11.5. The van der Waals surface area contributed by atoms with Crippen LogP contribution in [0.5, 0.6) is 5.75 Å². The van der Waals surface area contributed by atoms with E-state index < -0.39 is 21.0 Å². The normalized spacial score (nSPS) is 11.1. The summed E-state index contributed by atoms with van der Waals surface area (Å²) in [5.41, 5.74) is -0.276. The molecule has 0 radical (unpaired) electrons. The SMILES string of the molecule is COc1cc(C(=O)O)cc(S(=O)(=O)O)c1. The van der Waals surface area contributed by atoms with Gasteiger partial charge in [0.2, 0.25) is 0 Å². The number of carboxylic acid groups (broad SMARTS) is 1. The van der Waals surface area contributed by atoms with E-state index in [1.807, 2.05) is 0 Å². The Balaban J connectivity index is 3.43. The Morgan fingerprint density at radius 1 is 1.33 bits per heavy atom. The van der Waals surface area contributed by atoms with Gasteiger partial charge in [0.15, 0.2) is 0 Å². The lowest BCUT2D eigenvalue weighted by atomic mass is 10.2. The van der Waals surface area contributed by atoms with E-state index in [4.69, 9.17) is 14.4 Å². The second-order valence-electron chi connectivity index (χ2n) is 2.68. The van der Waals surface area contributed by atoms with Gasteiger partial charge in [-0.1, -0.05) is 0 Å². The van der Waals surface area contributed by atoms with Crippen molar-refractivity contribution in [2.75, 3.05) is 7.11 Å². The van der Waals surface area contributed by atoms with Crippen LogP contribution in [-0.4, -0.2) is 31.2 Å². The van der Waals surface area contributed by atoms with Gasteiger partial charge in [-0.05, 0) is 12.1 Å². The number of ether oxygens (including phenoxy) is 1. The van der Waals surface area contributed by atoms with Crippen molar-refractivity contribution in [3.63, 3.8) is 0 Å². The van der Waals surface area contributed by atoms with E-state index in [9.17, 15) is 13.2 Å². The summed E-state index contributed by atoms with van der Waals surface area (Å²) < 4.78 is 35.0. The third-order valence-electron chi connectivity index (χ3n) is 1.66. The number of hydrogen-bond donors (Lipinski definition) is 2. The zero-order valence-electron chi connectivity index (χ0n) is 7.67. The van der Waals surface area contributed by atoms with Crippen LogP contribution >= 0.6 is 0 Å². The van der Waals surface area contributed by atoms with Crippen molar-refractivity contribution in [3.05, 3.63) is 23.8 Å². The third kappa shape index (κ3) is 2.67. The molecule has 0 spiro atoms. The Kier molecular flexibility index (Phi) is 2.96. The summed E-state index contributed by atoms with van der Waals surface area (Å²) in [5, 5.41) is 8.66. The van der Waals surface area contributed by atoms with Crippen molar-refractivity contribution in [2.24, 2.45) is 0 Å². The number of carboxylic acids is 1. The van der Waals surface area contributed by atoms with Crippen LogP contribution in [0.2, 0.25) is 0 Å². The molecule has 0 heterocycles. The molecule has 0 aliphatic heterocycles. The van der Waals surface area contributed by atoms with Crippen LogP contribution in [0.25, 0.3) is 0 Å². The fourth-order valence-electron chi connectivity index (χ4n) is 0.962. The maximum absolute atomic E-state index is 10.8. The number of benzene rings is 1. The highest BCUT2D eigenvalue weighted by Gasteiger charge is 2.15. The molecule has 0 saturated heterocycles. The fourth-order valence-corrected chi connectivity index (χ4v) is 1.50. The largest absolute Gasteiger partial charge is 0.497 e. The maximum Gasteiger partial charge on any atom is 0.335 e. The first-order valence-electron chi connectivity index (χ1n) is 3.74. The lowest BCUT2D eigenvalue weighted by molar-refractivity contribution is 0.0696. The molecule has 0 bridgehead atoms. The first-order chi connectivity index (χ1) is 6.84. The van der Waals surface area contributed by atoms with Crippen LogP contribution < -0.4 is 4.74 Å². The number of hydrogen-bond acceptors (Lipinski definition) is 4. The van der Waals surface area contributed by atoms with E-state index >= 15 is 0 Å². The lowest BCUT2D eigenvalue weighted by Crippen LogP contribution is -2.03. The van der Waals surface area contributed by atoms with Crippen LogP contribution in [0.3, 0.4) is 0 Å². The number of rotatable bonds is 3. The van der Waals surface area contributed by atoms with Crippen molar-refractivity contribution >= 4 is 16.1 Å². The molecule has 0 amide bonds. The van der Waals surface area contributed by atoms with Crippen LogP contribution in [0.1, 0.15) is 10.4 Å². The Morgan fingerprint density at radius 2 is 1.93 bits per heavy atom. The molecule has 1 aromatic rings. The molecule has 82 valence electrons. The predicted octanol–water partition coefficient (Wildman–Crippen LogP) is 0.640. The van der Waals surface area contributed by atoms with Crippen molar-refractivity contribution < 1.29 is 27.6 Å². The summed E-state index contributed by atoms with van der Waals surface area (Å²) >= 11 is 0. The second-order valence-corrected chi connectivity index (χ2v) is 4.10. The fraction of sp³-hybridized carbons (Fsp3) is 0.125. The molecule has 6 nitrogen and oxygen atoms in total. The minimum Gasteiger partial charge on any atom is -0.497 e. The standard InChI is InChI=1S/C8H8O6S/c1-14-6-2-5(8(9)10)3-7(4-6)15(11,12)13/h2-4H,1H3,(H,9,10)(H,11,12,13). The predicted molar refractivity (Wildman–Crippen MR) is 49.8 cm³/mol. The molecule has 0 fully saturated rings. The highest BCUT2D eigenvalue weighted by molar-refractivity contribution is 7.85. The van der Waals surface area contributed by atoms with Crippen LogP contribution in [0, 0.1) is 0 Å². The van der Waals surface area contributed by atoms with Gasteiger partial charge in [-0.2, -0.15) is 8.42 Å². The minimum absolute atomic E-state index is 0.0440. The van der Waals surface area contributed by atoms with Gasteiger partial charge in [0.05, 0.1) is 17.6 Å². The number of aromatic carboxylic acids is 1. The number of methoxy groups -OCH3 is 1.